The largest absolute Gasteiger partial charge is 0.390 e. The van der Waals surface area contributed by atoms with E-state index >= 15 is 0 Å². The number of nitrogens with two attached hydrogens (primary N) is 1. The van der Waals surface area contributed by atoms with E-state index in [1.165, 1.54) is 11.1 Å². The highest BCUT2D eigenvalue weighted by atomic mass is 35.5. The van der Waals surface area contributed by atoms with Crippen LogP contribution < -0.4 is 10.6 Å². The number of rotatable bonds is 4. The number of piperidine rings is 1. The molecule has 1 aliphatic carbocycles. The van der Waals surface area contributed by atoms with Crippen LogP contribution in [0, 0.1) is 12.3 Å². The summed E-state index contributed by atoms with van der Waals surface area (Å²) >= 11 is 12.5. The van der Waals surface area contributed by atoms with Crippen molar-refractivity contribution in [2.24, 2.45) is 11.1 Å². The molecule has 3 aromatic rings. The Bertz CT molecular complexity index is 1240. The summed E-state index contributed by atoms with van der Waals surface area (Å²) in [6.45, 7) is 5.41. The van der Waals surface area contributed by atoms with Crippen molar-refractivity contribution in [1.82, 2.24) is 19.9 Å². The fourth-order valence-corrected chi connectivity index (χ4v) is 5.71. The van der Waals surface area contributed by atoms with Gasteiger partial charge in [0.1, 0.15) is 10.8 Å². The highest BCUT2D eigenvalue weighted by Crippen LogP contribution is 2.50. The Morgan fingerprint density at radius 1 is 1.21 bits per heavy atom. The van der Waals surface area contributed by atoms with E-state index < -0.39 is 0 Å². The molecule has 9 heteroatoms. The molecule has 1 fully saturated rings. The quantitative estimate of drug-likeness (QED) is 0.512. The van der Waals surface area contributed by atoms with E-state index in [-0.39, 0.29) is 23.2 Å². The standard InChI is InChI=1S/C25H28Cl2N6O/c1-3-15-10-17-18(30-12-15)11-25(22(17)28)5-8-33(9-6-25)24-19(13-34)32-21(14(2)31-24)16-4-7-29-23(27)20(16)26/h4,7,10,12,22,34H,3,5-6,8-9,11,13,28H2,1-2H3/t22-/m1/s1. The van der Waals surface area contributed by atoms with Crippen molar-refractivity contribution in [2.45, 2.75) is 52.2 Å². The molecule has 0 radical (unpaired) electrons. The van der Waals surface area contributed by atoms with Gasteiger partial charge < -0.3 is 15.7 Å². The second-order valence-electron chi connectivity index (χ2n) is 9.29. The molecule has 0 aromatic carbocycles. The summed E-state index contributed by atoms with van der Waals surface area (Å²) in [5, 5.41) is 10.7. The van der Waals surface area contributed by atoms with Gasteiger partial charge in [0, 0.05) is 42.8 Å². The molecule has 0 saturated carbocycles. The minimum Gasteiger partial charge on any atom is -0.390 e. The number of fused-ring (bicyclic) bond motifs is 1. The lowest BCUT2D eigenvalue weighted by Gasteiger charge is -2.42. The fourth-order valence-electron chi connectivity index (χ4n) is 5.35. The van der Waals surface area contributed by atoms with Crippen LogP contribution >= 0.6 is 23.2 Å². The van der Waals surface area contributed by atoms with E-state index in [2.05, 4.69) is 22.9 Å². The van der Waals surface area contributed by atoms with Crippen molar-refractivity contribution in [3.63, 3.8) is 0 Å². The van der Waals surface area contributed by atoms with Crippen LogP contribution in [-0.2, 0) is 19.4 Å². The number of aliphatic hydroxyl groups is 1. The highest BCUT2D eigenvalue weighted by molar-refractivity contribution is 6.42. The first-order chi connectivity index (χ1) is 16.4. The van der Waals surface area contributed by atoms with Gasteiger partial charge in [-0.05, 0) is 55.2 Å². The molecule has 7 nitrogen and oxygen atoms in total. The molecular weight excluding hydrogens is 471 g/mol. The molecule has 1 saturated heterocycles. The fraction of sp³-hybridized carbons (Fsp3) is 0.440. The lowest BCUT2D eigenvalue weighted by Crippen LogP contribution is -2.45. The van der Waals surface area contributed by atoms with Gasteiger partial charge in [-0.2, -0.15) is 0 Å². The van der Waals surface area contributed by atoms with E-state index in [4.69, 9.17) is 43.9 Å². The van der Waals surface area contributed by atoms with Gasteiger partial charge in [-0.15, -0.1) is 0 Å². The summed E-state index contributed by atoms with van der Waals surface area (Å²) in [7, 11) is 0. The lowest BCUT2D eigenvalue weighted by molar-refractivity contribution is 0.186. The van der Waals surface area contributed by atoms with E-state index in [0.717, 1.165) is 50.2 Å². The minimum absolute atomic E-state index is 0.00487. The number of aromatic nitrogens is 4. The number of hydrogen-bond acceptors (Lipinski definition) is 7. The van der Waals surface area contributed by atoms with Gasteiger partial charge in [-0.25, -0.2) is 15.0 Å². The molecule has 1 atom stereocenters. The summed E-state index contributed by atoms with van der Waals surface area (Å²) in [5.41, 5.74) is 12.9. The predicted octanol–water partition coefficient (Wildman–Crippen LogP) is 4.45. The first kappa shape index (κ1) is 23.4. The van der Waals surface area contributed by atoms with Crippen LogP contribution in [0.15, 0.2) is 24.5 Å². The molecule has 0 unspecified atom stereocenters. The Balaban J connectivity index is 1.40. The minimum atomic E-state index is -0.220. The molecule has 34 heavy (non-hydrogen) atoms. The Morgan fingerprint density at radius 3 is 2.68 bits per heavy atom. The van der Waals surface area contributed by atoms with Crippen LogP contribution in [0.3, 0.4) is 0 Å². The summed E-state index contributed by atoms with van der Waals surface area (Å²) in [4.78, 5) is 20.5. The molecule has 0 amide bonds. The van der Waals surface area contributed by atoms with Crippen molar-refractivity contribution >= 4 is 29.0 Å². The lowest BCUT2D eigenvalue weighted by atomic mass is 9.73. The zero-order chi connectivity index (χ0) is 24.0. The Hall–Kier alpha value is -2.32. The van der Waals surface area contributed by atoms with Crippen molar-refractivity contribution in [1.29, 1.82) is 0 Å². The van der Waals surface area contributed by atoms with E-state index in [9.17, 15) is 5.11 Å². The molecule has 3 N–H and O–H groups in total. The average Bonchev–Trinajstić information content (AvgIpc) is 3.12. The van der Waals surface area contributed by atoms with Crippen molar-refractivity contribution < 1.29 is 5.11 Å². The topological polar surface area (TPSA) is 101 Å². The maximum absolute atomic E-state index is 10.1. The molecule has 2 aliphatic rings. The molecule has 0 bridgehead atoms. The molecule has 5 rings (SSSR count). The van der Waals surface area contributed by atoms with Gasteiger partial charge in [-0.1, -0.05) is 36.2 Å². The second-order valence-corrected chi connectivity index (χ2v) is 10.0. The number of aliphatic hydroxyl groups excluding tert-OH is 1. The third-order valence-electron chi connectivity index (χ3n) is 7.41. The van der Waals surface area contributed by atoms with Crippen molar-refractivity contribution in [3.05, 3.63) is 62.9 Å². The normalized spacial score (nSPS) is 19.0. The molecule has 178 valence electrons. The third-order valence-corrected chi connectivity index (χ3v) is 8.18. The van der Waals surface area contributed by atoms with Gasteiger partial charge in [0.25, 0.3) is 0 Å². The molecule has 3 aromatic heterocycles. The maximum atomic E-state index is 10.1. The van der Waals surface area contributed by atoms with Gasteiger partial charge in [-0.3, -0.25) is 4.98 Å². The van der Waals surface area contributed by atoms with E-state index in [1.807, 2.05) is 13.1 Å². The number of pyridine rings is 2. The van der Waals surface area contributed by atoms with Crippen LogP contribution in [0.5, 0.6) is 0 Å². The molecule has 1 aliphatic heterocycles. The number of anilines is 1. The van der Waals surface area contributed by atoms with Crippen LogP contribution in [-0.4, -0.2) is 38.1 Å². The van der Waals surface area contributed by atoms with Gasteiger partial charge in [0.2, 0.25) is 0 Å². The SMILES string of the molecule is CCc1cnc2c(c1)[C@@H](N)C1(CCN(c3nc(C)c(-c4ccnc(Cl)c4Cl)nc3CO)CC1)C2. The van der Waals surface area contributed by atoms with Crippen LogP contribution in [0.4, 0.5) is 5.82 Å². The van der Waals surface area contributed by atoms with Gasteiger partial charge >= 0.3 is 0 Å². The van der Waals surface area contributed by atoms with E-state index in [0.29, 0.717) is 27.8 Å². The van der Waals surface area contributed by atoms with Gasteiger partial charge in [0.05, 0.1) is 23.0 Å². The number of hydrogen-bond donors (Lipinski definition) is 2. The highest BCUT2D eigenvalue weighted by Gasteiger charge is 2.47. The first-order valence-electron chi connectivity index (χ1n) is 11.6. The smallest absolute Gasteiger partial charge is 0.153 e. The van der Waals surface area contributed by atoms with Crippen molar-refractivity contribution in [2.75, 3.05) is 18.0 Å². The maximum Gasteiger partial charge on any atom is 0.153 e. The predicted molar refractivity (Wildman–Crippen MR) is 134 cm³/mol. The van der Waals surface area contributed by atoms with Gasteiger partial charge in [0.15, 0.2) is 5.82 Å². The summed E-state index contributed by atoms with van der Waals surface area (Å²) in [6, 6.07) is 3.99. The third kappa shape index (κ3) is 3.85. The number of aryl methyl sites for hydroxylation is 2. The Kier molecular flexibility index (Phi) is 6.23. The average molecular weight is 499 g/mol. The summed E-state index contributed by atoms with van der Waals surface area (Å²) in [5.74, 6) is 0.713. The zero-order valence-electron chi connectivity index (χ0n) is 19.4. The van der Waals surface area contributed by atoms with E-state index in [1.54, 1.807) is 12.3 Å². The second kappa shape index (κ2) is 9.04. The number of nitrogens with zero attached hydrogens (tertiary/aromatic N) is 5. The molecule has 1 spiro atoms. The van der Waals surface area contributed by atoms with Crippen LogP contribution in [0.25, 0.3) is 11.3 Å². The monoisotopic (exact) mass is 498 g/mol. The van der Waals surface area contributed by atoms with Crippen LogP contribution in [0.1, 0.15) is 54.0 Å². The zero-order valence-corrected chi connectivity index (χ0v) is 20.9. The first-order valence-corrected chi connectivity index (χ1v) is 12.4. The van der Waals surface area contributed by atoms with Crippen molar-refractivity contribution in [3.8, 4) is 11.3 Å². The molecule has 4 heterocycles. The summed E-state index contributed by atoms with van der Waals surface area (Å²) < 4.78 is 0. The van der Waals surface area contributed by atoms with Crippen LogP contribution in [0.2, 0.25) is 10.2 Å². The number of halogens is 2. The molecular formula is C25H28Cl2N6O. The summed E-state index contributed by atoms with van der Waals surface area (Å²) in [6.07, 6.45) is 7.32. The Morgan fingerprint density at radius 2 is 1.97 bits per heavy atom. The Labute approximate surface area is 209 Å².